The summed E-state index contributed by atoms with van der Waals surface area (Å²) in [5.41, 5.74) is 13.1. The monoisotopic (exact) mass is 717 g/mol. The van der Waals surface area contributed by atoms with E-state index >= 15 is 0 Å². The molecule has 0 radical (unpaired) electrons. The fraction of sp³-hybridized carbons (Fsp3) is 0.0189. The molecule has 0 N–H and O–H groups in total. The van der Waals surface area contributed by atoms with Gasteiger partial charge in [0.1, 0.15) is 0 Å². The fourth-order valence-corrected chi connectivity index (χ4v) is 10.5. The lowest BCUT2D eigenvalue weighted by Crippen LogP contribution is -2.28. The standard InChI is InChI=1S/C53H35NS/c1-4-16-36(17-5-1)37-30-33-41(34-31-37)54(49-29-14-25-43-44-35-32-38-18-10-11-23-42(38)51(44)55-52(43)49)48-28-15-27-47-50(48)45-24-12-13-26-46(45)53(47,39-19-6-2-7-20-39)40-21-8-3-9-22-40/h1-35H. The van der Waals surface area contributed by atoms with Crippen LogP contribution in [-0.4, -0.2) is 0 Å². The summed E-state index contributed by atoms with van der Waals surface area (Å²) in [7, 11) is 0. The highest BCUT2D eigenvalue weighted by Crippen LogP contribution is 2.60. The molecule has 0 atom stereocenters. The molecule has 0 saturated carbocycles. The summed E-state index contributed by atoms with van der Waals surface area (Å²) in [6, 6.07) is 78.2. The minimum Gasteiger partial charge on any atom is -0.308 e. The van der Waals surface area contributed by atoms with Crippen LogP contribution in [0.5, 0.6) is 0 Å². The van der Waals surface area contributed by atoms with Crippen LogP contribution in [0.25, 0.3) is 53.2 Å². The minimum atomic E-state index is -0.490. The summed E-state index contributed by atoms with van der Waals surface area (Å²) >= 11 is 1.91. The van der Waals surface area contributed by atoms with Crippen LogP contribution in [0.4, 0.5) is 17.1 Å². The lowest BCUT2D eigenvalue weighted by atomic mass is 9.68. The molecule has 0 unspecified atom stereocenters. The number of benzene rings is 9. The molecule has 11 rings (SSSR count). The average Bonchev–Trinajstić information content (AvgIpc) is 3.80. The smallest absolute Gasteiger partial charge is 0.0714 e. The SMILES string of the molecule is c1ccc(-c2ccc(N(c3cccc4c3-c3ccccc3C4(c3ccccc3)c3ccccc3)c3cccc4c3sc3c5ccccc5ccc43)cc2)cc1. The third-order valence-corrected chi connectivity index (χ3v) is 12.8. The van der Waals surface area contributed by atoms with Gasteiger partial charge in [-0.2, -0.15) is 0 Å². The lowest BCUT2D eigenvalue weighted by molar-refractivity contribution is 0.768. The largest absolute Gasteiger partial charge is 0.308 e. The van der Waals surface area contributed by atoms with Crippen LogP contribution in [0.2, 0.25) is 0 Å². The molecule has 0 amide bonds. The number of hydrogen-bond donors (Lipinski definition) is 0. The van der Waals surface area contributed by atoms with Gasteiger partial charge in [0.2, 0.25) is 0 Å². The van der Waals surface area contributed by atoms with Crippen LogP contribution in [-0.2, 0) is 5.41 Å². The zero-order valence-electron chi connectivity index (χ0n) is 30.1. The first-order valence-electron chi connectivity index (χ1n) is 18.9. The predicted molar refractivity (Wildman–Crippen MR) is 234 cm³/mol. The molecule has 1 heterocycles. The maximum atomic E-state index is 2.52. The lowest BCUT2D eigenvalue weighted by Gasteiger charge is -2.34. The fourth-order valence-electron chi connectivity index (χ4n) is 9.19. The molecule has 1 aliphatic rings. The molecule has 2 heteroatoms. The quantitative estimate of drug-likeness (QED) is 0.166. The van der Waals surface area contributed by atoms with E-state index in [9.17, 15) is 0 Å². The van der Waals surface area contributed by atoms with Crippen molar-refractivity contribution in [3.63, 3.8) is 0 Å². The first kappa shape index (κ1) is 31.8. The molecule has 10 aromatic rings. The van der Waals surface area contributed by atoms with E-state index in [-0.39, 0.29) is 0 Å². The van der Waals surface area contributed by atoms with Gasteiger partial charge < -0.3 is 4.90 Å². The van der Waals surface area contributed by atoms with Gasteiger partial charge >= 0.3 is 0 Å². The van der Waals surface area contributed by atoms with Crippen molar-refractivity contribution in [2.45, 2.75) is 5.41 Å². The topological polar surface area (TPSA) is 3.24 Å². The highest BCUT2D eigenvalue weighted by atomic mass is 32.1. The third-order valence-electron chi connectivity index (χ3n) is 11.5. The van der Waals surface area contributed by atoms with Gasteiger partial charge in [-0.05, 0) is 74.0 Å². The molecule has 258 valence electrons. The van der Waals surface area contributed by atoms with E-state index in [1.54, 1.807) is 0 Å². The Balaban J connectivity index is 1.23. The highest BCUT2D eigenvalue weighted by Gasteiger charge is 2.47. The van der Waals surface area contributed by atoms with Crippen LogP contribution in [0, 0.1) is 0 Å². The van der Waals surface area contributed by atoms with Gasteiger partial charge in [0.05, 0.1) is 21.5 Å². The van der Waals surface area contributed by atoms with Crippen molar-refractivity contribution < 1.29 is 0 Å². The normalized spacial score (nSPS) is 12.9. The van der Waals surface area contributed by atoms with Crippen LogP contribution < -0.4 is 4.90 Å². The van der Waals surface area contributed by atoms with Crippen molar-refractivity contribution >= 4 is 59.3 Å². The van der Waals surface area contributed by atoms with E-state index in [1.165, 1.54) is 86.8 Å². The maximum absolute atomic E-state index is 2.52. The second-order valence-electron chi connectivity index (χ2n) is 14.4. The molecule has 0 bridgehead atoms. The first-order valence-corrected chi connectivity index (χ1v) is 19.8. The van der Waals surface area contributed by atoms with Crippen molar-refractivity contribution in [1.82, 2.24) is 0 Å². The van der Waals surface area contributed by atoms with E-state index in [1.807, 2.05) is 11.3 Å². The molecular weight excluding hydrogens is 683 g/mol. The van der Waals surface area contributed by atoms with Gasteiger partial charge in [-0.15, -0.1) is 11.3 Å². The average molecular weight is 718 g/mol. The first-order chi connectivity index (χ1) is 27.3. The summed E-state index contributed by atoms with van der Waals surface area (Å²) in [6.07, 6.45) is 0. The number of nitrogens with zero attached hydrogens (tertiary/aromatic N) is 1. The van der Waals surface area contributed by atoms with Crippen LogP contribution in [0.3, 0.4) is 0 Å². The van der Waals surface area contributed by atoms with E-state index in [0.717, 1.165) is 5.69 Å². The van der Waals surface area contributed by atoms with E-state index in [4.69, 9.17) is 0 Å². The molecule has 1 aliphatic carbocycles. The number of rotatable bonds is 6. The van der Waals surface area contributed by atoms with Crippen molar-refractivity contribution in [3.05, 3.63) is 235 Å². The molecule has 0 aliphatic heterocycles. The maximum Gasteiger partial charge on any atom is 0.0714 e. The molecule has 0 spiro atoms. The molecule has 1 nitrogen and oxygen atoms in total. The minimum absolute atomic E-state index is 0.490. The molecule has 9 aromatic carbocycles. The Kier molecular flexibility index (Phi) is 7.33. The van der Waals surface area contributed by atoms with Crippen molar-refractivity contribution in [2.24, 2.45) is 0 Å². The molecular formula is C53H35NS. The molecule has 0 fully saturated rings. The van der Waals surface area contributed by atoms with Crippen LogP contribution >= 0.6 is 11.3 Å². The van der Waals surface area contributed by atoms with Gasteiger partial charge in [0, 0.05) is 26.7 Å². The van der Waals surface area contributed by atoms with E-state index < -0.39 is 5.41 Å². The Morgan fingerprint density at radius 2 is 0.927 bits per heavy atom. The van der Waals surface area contributed by atoms with E-state index in [0.29, 0.717) is 0 Å². The Bertz CT molecular complexity index is 2980. The van der Waals surface area contributed by atoms with Crippen molar-refractivity contribution in [1.29, 1.82) is 0 Å². The number of hydrogen-bond acceptors (Lipinski definition) is 2. The molecule has 1 aromatic heterocycles. The zero-order chi connectivity index (χ0) is 36.3. The Labute approximate surface area is 325 Å². The summed E-state index contributed by atoms with van der Waals surface area (Å²) in [5.74, 6) is 0. The Hall–Kier alpha value is -6.74. The van der Waals surface area contributed by atoms with Gasteiger partial charge in [0.15, 0.2) is 0 Å². The summed E-state index contributed by atoms with van der Waals surface area (Å²) in [4.78, 5) is 2.52. The Morgan fingerprint density at radius 3 is 1.69 bits per heavy atom. The second kappa shape index (κ2) is 12.7. The Morgan fingerprint density at radius 1 is 0.364 bits per heavy atom. The predicted octanol–water partition coefficient (Wildman–Crippen LogP) is 14.7. The van der Waals surface area contributed by atoms with Gasteiger partial charge in [0.25, 0.3) is 0 Å². The van der Waals surface area contributed by atoms with Gasteiger partial charge in [-0.3, -0.25) is 0 Å². The summed E-state index contributed by atoms with van der Waals surface area (Å²) in [5, 5.41) is 5.16. The molecule has 55 heavy (non-hydrogen) atoms. The summed E-state index contributed by atoms with van der Waals surface area (Å²) < 4.78 is 2.61. The zero-order valence-corrected chi connectivity index (χ0v) is 30.9. The van der Waals surface area contributed by atoms with Gasteiger partial charge in [-0.1, -0.05) is 188 Å². The van der Waals surface area contributed by atoms with Crippen molar-refractivity contribution in [2.75, 3.05) is 4.90 Å². The van der Waals surface area contributed by atoms with E-state index in [2.05, 4.69) is 217 Å². The second-order valence-corrected chi connectivity index (χ2v) is 15.4. The molecule has 0 saturated heterocycles. The van der Waals surface area contributed by atoms with Crippen molar-refractivity contribution in [3.8, 4) is 22.3 Å². The third kappa shape index (κ3) is 4.78. The van der Waals surface area contributed by atoms with Crippen LogP contribution in [0.1, 0.15) is 22.3 Å². The number of fused-ring (bicyclic) bond motifs is 8. The van der Waals surface area contributed by atoms with Gasteiger partial charge in [-0.25, -0.2) is 0 Å². The van der Waals surface area contributed by atoms with Crippen LogP contribution in [0.15, 0.2) is 212 Å². The number of anilines is 3. The number of thiophene rings is 1. The summed E-state index contributed by atoms with van der Waals surface area (Å²) in [6.45, 7) is 0. The highest BCUT2D eigenvalue weighted by molar-refractivity contribution is 7.27.